The predicted octanol–water partition coefficient (Wildman–Crippen LogP) is 3.97. The standard InChI is InChI=1S/C17H14O3S/c1-10(14-9-16(18)20-17(14)19)13-8-15(21-11(13)2)12-6-4-3-5-7-12/h3-8H,9H2,1-2H3. The molecule has 106 valence electrons. The summed E-state index contributed by atoms with van der Waals surface area (Å²) < 4.78 is 4.62. The zero-order valence-electron chi connectivity index (χ0n) is 11.8. The quantitative estimate of drug-likeness (QED) is 0.478. The van der Waals surface area contributed by atoms with Gasteiger partial charge in [0.15, 0.2) is 0 Å². The van der Waals surface area contributed by atoms with Crippen molar-refractivity contribution in [3.05, 3.63) is 52.4 Å². The Hall–Kier alpha value is -2.20. The lowest BCUT2D eigenvalue weighted by Crippen LogP contribution is -1.98. The van der Waals surface area contributed by atoms with Crippen LogP contribution in [0.2, 0.25) is 0 Å². The second-order valence-corrected chi connectivity index (χ2v) is 6.24. The van der Waals surface area contributed by atoms with Gasteiger partial charge >= 0.3 is 11.9 Å². The second-order valence-electron chi connectivity index (χ2n) is 4.99. The molecule has 0 N–H and O–H groups in total. The van der Waals surface area contributed by atoms with Crippen molar-refractivity contribution in [1.29, 1.82) is 0 Å². The number of ether oxygens (including phenoxy) is 1. The largest absolute Gasteiger partial charge is 0.389 e. The number of esters is 2. The molecule has 0 bridgehead atoms. The van der Waals surface area contributed by atoms with Crippen LogP contribution in [-0.4, -0.2) is 11.9 Å². The van der Waals surface area contributed by atoms with Crippen LogP contribution in [-0.2, 0) is 14.3 Å². The van der Waals surface area contributed by atoms with E-state index in [0.717, 1.165) is 26.5 Å². The maximum atomic E-state index is 11.7. The van der Waals surface area contributed by atoms with Crippen molar-refractivity contribution in [3.8, 4) is 10.4 Å². The van der Waals surface area contributed by atoms with Crippen LogP contribution in [0.25, 0.3) is 16.0 Å². The Morgan fingerprint density at radius 1 is 1.19 bits per heavy atom. The van der Waals surface area contributed by atoms with E-state index in [4.69, 9.17) is 0 Å². The predicted molar refractivity (Wildman–Crippen MR) is 82.8 cm³/mol. The van der Waals surface area contributed by atoms with E-state index in [-0.39, 0.29) is 6.42 Å². The molecular formula is C17H14O3S. The highest BCUT2D eigenvalue weighted by atomic mass is 32.1. The fraction of sp³-hybridized carbons (Fsp3) is 0.176. The maximum absolute atomic E-state index is 11.7. The molecule has 1 aromatic heterocycles. The molecule has 0 atom stereocenters. The fourth-order valence-electron chi connectivity index (χ4n) is 2.46. The molecule has 0 radical (unpaired) electrons. The van der Waals surface area contributed by atoms with Gasteiger partial charge in [0.1, 0.15) is 0 Å². The number of benzene rings is 1. The van der Waals surface area contributed by atoms with Crippen LogP contribution in [0.3, 0.4) is 0 Å². The molecular weight excluding hydrogens is 284 g/mol. The van der Waals surface area contributed by atoms with Gasteiger partial charge in [-0.1, -0.05) is 30.3 Å². The van der Waals surface area contributed by atoms with Gasteiger partial charge in [-0.05, 0) is 36.6 Å². The Morgan fingerprint density at radius 2 is 1.90 bits per heavy atom. The molecule has 1 aliphatic rings. The fourth-order valence-corrected chi connectivity index (χ4v) is 3.55. The van der Waals surface area contributed by atoms with E-state index in [9.17, 15) is 9.59 Å². The van der Waals surface area contributed by atoms with Crippen molar-refractivity contribution >= 4 is 28.8 Å². The van der Waals surface area contributed by atoms with Gasteiger partial charge in [0.25, 0.3) is 0 Å². The molecule has 2 aromatic rings. The highest BCUT2D eigenvalue weighted by molar-refractivity contribution is 7.15. The lowest BCUT2D eigenvalue weighted by atomic mass is 10.00. The van der Waals surface area contributed by atoms with Crippen molar-refractivity contribution in [2.75, 3.05) is 0 Å². The molecule has 0 spiro atoms. The average Bonchev–Trinajstić information content (AvgIpc) is 3.02. The van der Waals surface area contributed by atoms with E-state index in [1.807, 2.05) is 32.0 Å². The molecule has 1 aromatic carbocycles. The SMILES string of the molecule is CC(=C1CC(=O)OC1=O)c1cc(-c2ccccc2)sc1C. The summed E-state index contributed by atoms with van der Waals surface area (Å²) in [5.74, 6) is -0.977. The Balaban J connectivity index is 2.05. The first-order valence-corrected chi connectivity index (χ1v) is 7.49. The Kier molecular flexibility index (Phi) is 3.47. The zero-order chi connectivity index (χ0) is 15.0. The number of carbonyl (C=O) groups is 2. The third kappa shape index (κ3) is 2.54. The third-order valence-corrected chi connectivity index (χ3v) is 4.71. The highest BCUT2D eigenvalue weighted by Crippen LogP contribution is 2.36. The summed E-state index contributed by atoms with van der Waals surface area (Å²) in [5, 5.41) is 0. The van der Waals surface area contributed by atoms with Crippen molar-refractivity contribution in [2.45, 2.75) is 20.3 Å². The van der Waals surface area contributed by atoms with Crippen LogP contribution in [0.5, 0.6) is 0 Å². The Bertz CT molecular complexity index is 754. The normalized spacial score (nSPS) is 17.0. The van der Waals surface area contributed by atoms with Gasteiger partial charge in [-0.25, -0.2) is 4.79 Å². The van der Waals surface area contributed by atoms with E-state index >= 15 is 0 Å². The van der Waals surface area contributed by atoms with Crippen molar-refractivity contribution < 1.29 is 14.3 Å². The topological polar surface area (TPSA) is 43.4 Å². The smallest absolute Gasteiger partial charge is 0.342 e. The average molecular weight is 298 g/mol. The van der Waals surface area contributed by atoms with Gasteiger partial charge in [0.05, 0.1) is 12.0 Å². The molecule has 0 amide bonds. The van der Waals surface area contributed by atoms with Gasteiger partial charge in [0, 0.05) is 9.75 Å². The van der Waals surface area contributed by atoms with Crippen molar-refractivity contribution in [3.63, 3.8) is 0 Å². The Labute approximate surface area is 126 Å². The summed E-state index contributed by atoms with van der Waals surface area (Å²) in [5.41, 5.74) is 3.47. The molecule has 2 heterocycles. The minimum Gasteiger partial charge on any atom is -0.389 e. The minimum absolute atomic E-state index is 0.0701. The summed E-state index contributed by atoms with van der Waals surface area (Å²) in [4.78, 5) is 25.2. The van der Waals surface area contributed by atoms with Gasteiger partial charge in [-0.3, -0.25) is 4.79 Å². The molecule has 1 aliphatic heterocycles. The first-order chi connectivity index (χ1) is 10.1. The van der Waals surface area contributed by atoms with Gasteiger partial charge in [-0.2, -0.15) is 0 Å². The summed E-state index contributed by atoms with van der Waals surface area (Å²) in [6, 6.07) is 12.2. The number of allylic oxidation sites excluding steroid dienone is 1. The summed E-state index contributed by atoms with van der Waals surface area (Å²) >= 11 is 1.69. The lowest BCUT2D eigenvalue weighted by molar-refractivity contribution is -0.151. The van der Waals surface area contributed by atoms with E-state index in [0.29, 0.717) is 5.57 Å². The van der Waals surface area contributed by atoms with E-state index < -0.39 is 11.9 Å². The maximum Gasteiger partial charge on any atom is 0.342 e. The monoisotopic (exact) mass is 298 g/mol. The number of hydrogen-bond donors (Lipinski definition) is 0. The van der Waals surface area contributed by atoms with Gasteiger partial charge in [0.2, 0.25) is 0 Å². The highest BCUT2D eigenvalue weighted by Gasteiger charge is 2.29. The van der Waals surface area contributed by atoms with Crippen LogP contribution >= 0.6 is 11.3 Å². The molecule has 1 fully saturated rings. The van der Waals surface area contributed by atoms with Crippen molar-refractivity contribution in [2.24, 2.45) is 0 Å². The van der Waals surface area contributed by atoms with Crippen LogP contribution in [0.4, 0.5) is 0 Å². The van der Waals surface area contributed by atoms with Crippen LogP contribution in [0, 0.1) is 6.92 Å². The van der Waals surface area contributed by atoms with Crippen molar-refractivity contribution in [1.82, 2.24) is 0 Å². The molecule has 4 heteroatoms. The van der Waals surface area contributed by atoms with E-state index in [1.54, 1.807) is 11.3 Å². The Morgan fingerprint density at radius 3 is 2.52 bits per heavy atom. The lowest BCUT2D eigenvalue weighted by Gasteiger charge is -2.02. The molecule has 1 saturated heterocycles. The van der Waals surface area contributed by atoms with Crippen LogP contribution in [0.1, 0.15) is 23.8 Å². The third-order valence-electron chi connectivity index (χ3n) is 3.61. The number of carbonyl (C=O) groups excluding carboxylic acids is 2. The molecule has 21 heavy (non-hydrogen) atoms. The first kappa shape index (κ1) is 13.8. The van der Waals surface area contributed by atoms with E-state index in [1.165, 1.54) is 0 Å². The summed E-state index contributed by atoms with van der Waals surface area (Å²) in [7, 11) is 0. The number of rotatable bonds is 2. The molecule has 0 aliphatic carbocycles. The summed E-state index contributed by atoms with van der Waals surface area (Å²) in [6.07, 6.45) is 0.0701. The number of thiophene rings is 1. The second kappa shape index (κ2) is 5.30. The minimum atomic E-state index is -0.510. The number of cyclic esters (lactones) is 2. The zero-order valence-corrected chi connectivity index (χ0v) is 12.6. The van der Waals surface area contributed by atoms with Gasteiger partial charge in [-0.15, -0.1) is 11.3 Å². The van der Waals surface area contributed by atoms with Crippen LogP contribution < -0.4 is 0 Å². The molecule has 0 saturated carbocycles. The first-order valence-electron chi connectivity index (χ1n) is 6.67. The van der Waals surface area contributed by atoms with Gasteiger partial charge < -0.3 is 4.74 Å². The molecule has 0 unspecified atom stereocenters. The number of aryl methyl sites for hydroxylation is 1. The molecule has 3 nitrogen and oxygen atoms in total. The summed E-state index contributed by atoms with van der Waals surface area (Å²) in [6.45, 7) is 3.90. The molecule has 3 rings (SSSR count). The van der Waals surface area contributed by atoms with Crippen LogP contribution in [0.15, 0.2) is 42.0 Å². The van der Waals surface area contributed by atoms with E-state index in [2.05, 4.69) is 22.9 Å². The number of hydrogen-bond acceptors (Lipinski definition) is 4.